The van der Waals surface area contributed by atoms with Gasteiger partial charge in [-0.1, -0.05) is 6.42 Å². The zero-order valence-corrected chi connectivity index (χ0v) is 5.84. The Morgan fingerprint density at radius 1 is 1.56 bits per heavy atom. The molecule has 0 aromatic heterocycles. The Morgan fingerprint density at radius 3 is 2.78 bits per heavy atom. The molecule has 2 nitrogen and oxygen atoms in total. The van der Waals surface area contributed by atoms with Gasteiger partial charge in [-0.2, -0.15) is 0 Å². The van der Waals surface area contributed by atoms with Crippen LogP contribution in [-0.4, -0.2) is 32.3 Å². The van der Waals surface area contributed by atoms with Crippen molar-refractivity contribution in [1.82, 2.24) is 0 Å². The SMILES string of the molecule is BC1CCC(CO)OC1. The summed E-state index contributed by atoms with van der Waals surface area (Å²) in [5.41, 5.74) is 0. The van der Waals surface area contributed by atoms with E-state index in [-0.39, 0.29) is 12.7 Å². The quantitative estimate of drug-likeness (QED) is 0.486. The molecule has 3 heteroatoms. The van der Waals surface area contributed by atoms with Gasteiger partial charge in [0.15, 0.2) is 0 Å². The molecule has 1 saturated heterocycles. The average molecular weight is 128 g/mol. The molecule has 0 aromatic carbocycles. The van der Waals surface area contributed by atoms with Gasteiger partial charge in [-0.05, 0) is 12.2 Å². The van der Waals surface area contributed by atoms with Crippen LogP contribution < -0.4 is 0 Å². The van der Waals surface area contributed by atoms with Crippen LogP contribution in [-0.2, 0) is 4.74 Å². The van der Waals surface area contributed by atoms with Crippen molar-refractivity contribution >= 4 is 7.85 Å². The zero-order chi connectivity index (χ0) is 6.69. The van der Waals surface area contributed by atoms with E-state index in [1.54, 1.807) is 0 Å². The Bertz CT molecular complexity index is 79.1. The van der Waals surface area contributed by atoms with E-state index in [1.165, 1.54) is 6.42 Å². The van der Waals surface area contributed by atoms with E-state index in [9.17, 15) is 0 Å². The van der Waals surface area contributed by atoms with Crippen molar-refractivity contribution in [1.29, 1.82) is 0 Å². The van der Waals surface area contributed by atoms with Crippen molar-refractivity contribution < 1.29 is 9.84 Å². The second kappa shape index (κ2) is 3.23. The summed E-state index contributed by atoms with van der Waals surface area (Å²) >= 11 is 0. The number of hydrogen-bond donors (Lipinski definition) is 1. The van der Waals surface area contributed by atoms with Crippen LogP contribution in [0.25, 0.3) is 0 Å². The number of ether oxygens (including phenoxy) is 1. The third kappa shape index (κ3) is 1.99. The van der Waals surface area contributed by atoms with Crippen LogP contribution in [0.3, 0.4) is 0 Å². The summed E-state index contributed by atoms with van der Waals surface area (Å²) in [6.45, 7) is 1.01. The lowest BCUT2D eigenvalue weighted by Gasteiger charge is -2.25. The minimum atomic E-state index is 0.126. The van der Waals surface area contributed by atoms with Crippen LogP contribution in [0.2, 0.25) is 5.82 Å². The topological polar surface area (TPSA) is 29.5 Å². The number of rotatable bonds is 1. The molecular formula is C6H13BO2. The summed E-state index contributed by atoms with van der Waals surface area (Å²) in [5.74, 6) is 0.688. The van der Waals surface area contributed by atoms with Gasteiger partial charge >= 0.3 is 0 Å². The fraction of sp³-hybridized carbons (Fsp3) is 1.00. The van der Waals surface area contributed by atoms with E-state index in [1.807, 2.05) is 0 Å². The Labute approximate surface area is 56.6 Å². The van der Waals surface area contributed by atoms with E-state index in [0.717, 1.165) is 13.0 Å². The molecule has 52 valence electrons. The van der Waals surface area contributed by atoms with Crippen LogP contribution in [0.15, 0.2) is 0 Å². The number of hydrogen-bond acceptors (Lipinski definition) is 2. The summed E-state index contributed by atoms with van der Waals surface area (Å²) in [4.78, 5) is 0. The van der Waals surface area contributed by atoms with Crippen LogP contribution in [0.4, 0.5) is 0 Å². The highest BCUT2D eigenvalue weighted by molar-refractivity contribution is 6.11. The molecule has 0 aromatic rings. The van der Waals surface area contributed by atoms with E-state index in [0.29, 0.717) is 5.82 Å². The molecule has 1 aliphatic heterocycles. The third-order valence-corrected chi connectivity index (χ3v) is 1.80. The summed E-state index contributed by atoms with van der Waals surface area (Å²) in [6.07, 6.45) is 2.35. The Balaban J connectivity index is 2.18. The van der Waals surface area contributed by atoms with Crippen LogP contribution in [0.5, 0.6) is 0 Å². The average Bonchev–Trinajstić information content (AvgIpc) is 1.90. The first-order valence-corrected chi connectivity index (χ1v) is 3.55. The molecule has 0 bridgehead atoms. The monoisotopic (exact) mass is 128 g/mol. The van der Waals surface area contributed by atoms with Crippen molar-refractivity contribution in [3.05, 3.63) is 0 Å². The molecule has 0 amide bonds. The van der Waals surface area contributed by atoms with Crippen molar-refractivity contribution in [2.24, 2.45) is 0 Å². The van der Waals surface area contributed by atoms with E-state index in [4.69, 9.17) is 9.84 Å². The molecule has 1 N–H and O–H groups in total. The largest absolute Gasteiger partial charge is 0.394 e. The predicted octanol–water partition coefficient (Wildman–Crippen LogP) is -0.421. The normalized spacial score (nSPS) is 36.6. The maximum absolute atomic E-state index is 8.65. The highest BCUT2D eigenvalue weighted by atomic mass is 16.5. The molecule has 0 radical (unpaired) electrons. The van der Waals surface area contributed by atoms with Crippen molar-refractivity contribution in [2.75, 3.05) is 13.2 Å². The summed E-state index contributed by atoms with van der Waals surface area (Å²) in [5, 5.41) is 8.65. The molecule has 1 rings (SSSR count). The molecule has 9 heavy (non-hydrogen) atoms. The highest BCUT2D eigenvalue weighted by Crippen LogP contribution is 2.19. The minimum absolute atomic E-state index is 0.126. The molecule has 1 heterocycles. The molecule has 0 saturated carbocycles. The lowest BCUT2D eigenvalue weighted by atomic mass is 9.82. The van der Waals surface area contributed by atoms with Gasteiger partial charge in [0.2, 0.25) is 0 Å². The first kappa shape index (κ1) is 7.10. The van der Waals surface area contributed by atoms with Crippen molar-refractivity contribution in [2.45, 2.75) is 24.8 Å². The van der Waals surface area contributed by atoms with E-state index >= 15 is 0 Å². The standard InChI is InChI=1S/C6H13BO2/c7-5-1-2-6(3-8)9-4-5/h5-6,8H,1-4,7H2. The number of aliphatic hydroxyl groups excluding tert-OH is 1. The van der Waals surface area contributed by atoms with E-state index in [2.05, 4.69) is 7.85 Å². The Morgan fingerprint density at radius 2 is 2.33 bits per heavy atom. The van der Waals surface area contributed by atoms with Gasteiger partial charge in [0.1, 0.15) is 7.85 Å². The first-order chi connectivity index (χ1) is 4.33. The summed E-state index contributed by atoms with van der Waals surface area (Å²) in [7, 11) is 2.17. The lowest BCUT2D eigenvalue weighted by Crippen LogP contribution is -2.25. The first-order valence-electron chi connectivity index (χ1n) is 3.55. The Hall–Kier alpha value is -0.0151. The second-order valence-electron chi connectivity index (χ2n) is 2.82. The number of aliphatic hydroxyl groups is 1. The third-order valence-electron chi connectivity index (χ3n) is 1.80. The Kier molecular flexibility index (Phi) is 2.55. The molecule has 2 atom stereocenters. The van der Waals surface area contributed by atoms with Crippen LogP contribution in [0.1, 0.15) is 12.8 Å². The van der Waals surface area contributed by atoms with Gasteiger partial charge in [-0.25, -0.2) is 0 Å². The van der Waals surface area contributed by atoms with Crippen LogP contribution in [0, 0.1) is 0 Å². The molecule has 0 spiro atoms. The predicted molar refractivity (Wildman–Crippen MR) is 38.4 cm³/mol. The molecule has 0 aliphatic carbocycles. The summed E-state index contributed by atoms with van der Waals surface area (Å²) in [6, 6.07) is 0. The smallest absolute Gasteiger partial charge is 0.108 e. The fourth-order valence-corrected chi connectivity index (χ4v) is 1.08. The van der Waals surface area contributed by atoms with Gasteiger partial charge in [0.25, 0.3) is 0 Å². The minimum Gasteiger partial charge on any atom is -0.394 e. The summed E-state index contributed by atoms with van der Waals surface area (Å²) < 4.78 is 5.29. The van der Waals surface area contributed by atoms with Crippen LogP contribution >= 0.6 is 0 Å². The van der Waals surface area contributed by atoms with Gasteiger partial charge in [0, 0.05) is 6.61 Å². The maximum atomic E-state index is 8.65. The molecular weight excluding hydrogens is 115 g/mol. The molecule has 1 fully saturated rings. The van der Waals surface area contributed by atoms with Gasteiger partial charge in [-0.15, -0.1) is 0 Å². The lowest BCUT2D eigenvalue weighted by molar-refractivity contribution is -0.0166. The van der Waals surface area contributed by atoms with E-state index < -0.39 is 0 Å². The van der Waals surface area contributed by atoms with Gasteiger partial charge < -0.3 is 9.84 Å². The van der Waals surface area contributed by atoms with Gasteiger partial charge in [-0.3, -0.25) is 0 Å². The molecule has 1 aliphatic rings. The molecule has 2 unspecified atom stereocenters. The van der Waals surface area contributed by atoms with Crippen molar-refractivity contribution in [3.8, 4) is 0 Å². The zero-order valence-electron chi connectivity index (χ0n) is 5.84. The highest BCUT2D eigenvalue weighted by Gasteiger charge is 2.16. The van der Waals surface area contributed by atoms with Gasteiger partial charge in [0.05, 0.1) is 12.7 Å². The van der Waals surface area contributed by atoms with Crippen molar-refractivity contribution in [3.63, 3.8) is 0 Å². The fourth-order valence-electron chi connectivity index (χ4n) is 1.08. The maximum Gasteiger partial charge on any atom is 0.108 e. The second-order valence-corrected chi connectivity index (χ2v) is 2.82.